The summed E-state index contributed by atoms with van der Waals surface area (Å²) >= 11 is 6.10. The molecule has 0 spiro atoms. The number of esters is 1. The molecule has 28 heavy (non-hydrogen) atoms. The number of carbonyl (C=O) groups excluding carboxylic acids is 2. The van der Waals surface area contributed by atoms with Crippen LogP contribution in [0.4, 0.5) is 11.4 Å². The van der Waals surface area contributed by atoms with Gasteiger partial charge in [0.05, 0.1) is 22.6 Å². The van der Waals surface area contributed by atoms with Crippen LogP contribution in [-0.2, 0) is 4.74 Å². The predicted octanol–water partition coefficient (Wildman–Crippen LogP) is 3.36. The molecule has 1 heterocycles. The summed E-state index contributed by atoms with van der Waals surface area (Å²) < 4.78 is 4.60. The van der Waals surface area contributed by atoms with Crippen molar-refractivity contribution in [3.63, 3.8) is 0 Å². The number of amides is 1. The second-order valence-corrected chi connectivity index (χ2v) is 6.75. The highest BCUT2D eigenvalue weighted by atomic mass is 35.5. The number of nitrogens with zero attached hydrogens (tertiary/aromatic N) is 2. The van der Waals surface area contributed by atoms with Crippen LogP contribution in [0.2, 0.25) is 5.02 Å². The minimum Gasteiger partial charge on any atom is -0.465 e. The Bertz CT molecular complexity index is 919. The Morgan fingerprint density at radius 2 is 2.00 bits per heavy atom. The molecular weight excluding hydrogens is 386 g/mol. The Balaban J connectivity index is 1.77. The lowest BCUT2D eigenvalue weighted by Crippen LogP contribution is -2.31. The number of halogens is 1. The van der Waals surface area contributed by atoms with E-state index < -0.39 is 10.9 Å². The van der Waals surface area contributed by atoms with Crippen molar-refractivity contribution in [3.05, 3.63) is 68.7 Å². The Kier molecular flexibility index (Phi) is 5.79. The van der Waals surface area contributed by atoms with E-state index in [9.17, 15) is 19.7 Å². The second-order valence-electron chi connectivity index (χ2n) is 6.35. The fourth-order valence-corrected chi connectivity index (χ4v) is 3.38. The number of methoxy groups -OCH3 is 1. The minimum atomic E-state index is -0.750. The third-order valence-electron chi connectivity index (χ3n) is 4.54. The maximum Gasteiger partial charge on any atom is 0.339 e. The summed E-state index contributed by atoms with van der Waals surface area (Å²) in [4.78, 5) is 36.8. The number of likely N-dealkylation sites (tertiary alicyclic amines) is 1. The third kappa shape index (κ3) is 4.07. The first-order chi connectivity index (χ1) is 13.4. The number of nitrogens with one attached hydrogen (secondary N) is 1. The fourth-order valence-electron chi connectivity index (χ4n) is 3.14. The summed E-state index contributed by atoms with van der Waals surface area (Å²) in [5, 5.41) is 14.6. The van der Waals surface area contributed by atoms with Gasteiger partial charge in [0.25, 0.3) is 11.6 Å². The summed E-state index contributed by atoms with van der Waals surface area (Å²) in [5.74, 6) is -0.835. The first kappa shape index (κ1) is 19.6. The maximum atomic E-state index is 12.5. The molecule has 0 saturated carbocycles. The molecule has 1 N–H and O–H groups in total. The molecule has 0 aliphatic carbocycles. The van der Waals surface area contributed by atoms with Crippen molar-refractivity contribution in [2.75, 3.05) is 25.5 Å². The van der Waals surface area contributed by atoms with Gasteiger partial charge in [0.2, 0.25) is 0 Å². The third-order valence-corrected chi connectivity index (χ3v) is 4.86. The first-order valence-corrected chi connectivity index (χ1v) is 8.95. The molecule has 1 aliphatic rings. The molecule has 2 aromatic carbocycles. The van der Waals surface area contributed by atoms with E-state index in [1.165, 1.54) is 13.2 Å². The summed E-state index contributed by atoms with van der Waals surface area (Å²) in [6, 6.07) is 11.2. The average molecular weight is 404 g/mol. The van der Waals surface area contributed by atoms with E-state index in [1.54, 1.807) is 29.2 Å². The van der Waals surface area contributed by atoms with Gasteiger partial charge < -0.3 is 15.0 Å². The van der Waals surface area contributed by atoms with Crippen molar-refractivity contribution < 1.29 is 19.2 Å². The lowest BCUT2D eigenvalue weighted by Gasteiger charge is -2.18. The molecule has 0 aromatic heterocycles. The van der Waals surface area contributed by atoms with Crippen LogP contribution in [-0.4, -0.2) is 47.9 Å². The lowest BCUT2D eigenvalue weighted by molar-refractivity contribution is -0.384. The van der Waals surface area contributed by atoms with Gasteiger partial charge in [0.15, 0.2) is 0 Å². The zero-order valence-electron chi connectivity index (χ0n) is 15.1. The van der Waals surface area contributed by atoms with Crippen LogP contribution in [0.15, 0.2) is 42.5 Å². The monoisotopic (exact) mass is 403 g/mol. The van der Waals surface area contributed by atoms with Crippen molar-refractivity contribution in [3.8, 4) is 0 Å². The van der Waals surface area contributed by atoms with Gasteiger partial charge in [-0.15, -0.1) is 0 Å². The molecule has 1 aliphatic heterocycles. The highest BCUT2D eigenvalue weighted by molar-refractivity contribution is 6.34. The van der Waals surface area contributed by atoms with Crippen LogP contribution in [0.5, 0.6) is 0 Å². The predicted molar refractivity (Wildman–Crippen MR) is 104 cm³/mol. The van der Waals surface area contributed by atoms with E-state index >= 15 is 0 Å². The highest BCUT2D eigenvalue weighted by Gasteiger charge is 2.29. The summed E-state index contributed by atoms with van der Waals surface area (Å²) in [7, 11) is 1.17. The molecule has 8 nitrogen and oxygen atoms in total. The number of nitro benzene ring substituents is 1. The van der Waals surface area contributed by atoms with Gasteiger partial charge in [0, 0.05) is 30.8 Å². The smallest absolute Gasteiger partial charge is 0.339 e. The van der Waals surface area contributed by atoms with Gasteiger partial charge >= 0.3 is 5.97 Å². The van der Waals surface area contributed by atoms with Crippen LogP contribution < -0.4 is 5.32 Å². The average Bonchev–Trinajstić information content (AvgIpc) is 3.15. The molecule has 0 radical (unpaired) electrons. The van der Waals surface area contributed by atoms with E-state index in [2.05, 4.69) is 10.1 Å². The number of benzene rings is 2. The standard InChI is InChI=1S/C19H18ClN3O5/c1-28-19(25)14-9-17(23(26)27)16(10-15(14)20)21-13-7-8-22(11-13)18(24)12-5-3-2-4-6-12/h2-6,9-10,13,21H,7-8,11H2,1H3. The largest absolute Gasteiger partial charge is 0.465 e. The molecule has 1 amide bonds. The fraction of sp³-hybridized carbons (Fsp3) is 0.263. The highest BCUT2D eigenvalue weighted by Crippen LogP contribution is 2.33. The molecule has 9 heteroatoms. The topological polar surface area (TPSA) is 102 Å². The van der Waals surface area contributed by atoms with Gasteiger partial charge in [-0.05, 0) is 24.6 Å². The summed E-state index contributed by atoms with van der Waals surface area (Å²) in [6.07, 6.45) is 0.631. The van der Waals surface area contributed by atoms with E-state index in [4.69, 9.17) is 11.6 Å². The van der Waals surface area contributed by atoms with Crippen LogP contribution in [0, 0.1) is 10.1 Å². The summed E-state index contributed by atoms with van der Waals surface area (Å²) in [6.45, 7) is 0.939. The molecule has 1 unspecified atom stereocenters. The minimum absolute atomic E-state index is 0.0511. The van der Waals surface area contributed by atoms with Crippen molar-refractivity contribution in [2.45, 2.75) is 12.5 Å². The van der Waals surface area contributed by atoms with E-state index in [1.807, 2.05) is 6.07 Å². The summed E-state index contributed by atoms with van der Waals surface area (Å²) in [5.41, 5.74) is 0.438. The first-order valence-electron chi connectivity index (χ1n) is 8.57. The Hall–Kier alpha value is -3.13. The van der Waals surface area contributed by atoms with Crippen molar-refractivity contribution in [1.29, 1.82) is 0 Å². The lowest BCUT2D eigenvalue weighted by atomic mass is 10.1. The quantitative estimate of drug-likeness (QED) is 0.466. The van der Waals surface area contributed by atoms with Gasteiger partial charge in [-0.1, -0.05) is 29.8 Å². The molecular formula is C19H18ClN3O5. The van der Waals surface area contributed by atoms with E-state index in [0.29, 0.717) is 25.1 Å². The second kappa shape index (κ2) is 8.26. The van der Waals surface area contributed by atoms with Gasteiger partial charge in [-0.2, -0.15) is 0 Å². The number of carbonyl (C=O) groups is 2. The molecule has 2 aromatic rings. The van der Waals surface area contributed by atoms with Gasteiger partial charge in [-0.25, -0.2) is 4.79 Å². The number of rotatable bonds is 5. The van der Waals surface area contributed by atoms with Gasteiger partial charge in [-0.3, -0.25) is 14.9 Å². The zero-order valence-corrected chi connectivity index (χ0v) is 15.8. The maximum absolute atomic E-state index is 12.5. The number of hydrogen-bond acceptors (Lipinski definition) is 6. The SMILES string of the molecule is COC(=O)c1cc([N+](=O)[O-])c(NC2CCN(C(=O)c3ccccc3)C2)cc1Cl. The Morgan fingerprint density at radius 3 is 2.64 bits per heavy atom. The molecule has 0 bridgehead atoms. The zero-order chi connectivity index (χ0) is 20.3. The Labute approximate surface area is 166 Å². The molecule has 1 fully saturated rings. The normalized spacial score (nSPS) is 15.9. The van der Waals surface area contributed by atoms with Crippen molar-refractivity contribution in [2.24, 2.45) is 0 Å². The van der Waals surface area contributed by atoms with Crippen LogP contribution in [0.1, 0.15) is 27.1 Å². The number of hydrogen-bond donors (Lipinski definition) is 1. The Morgan fingerprint density at radius 1 is 1.29 bits per heavy atom. The molecule has 1 atom stereocenters. The number of ether oxygens (including phenoxy) is 1. The van der Waals surface area contributed by atoms with Gasteiger partial charge in [0.1, 0.15) is 5.69 Å². The molecule has 146 valence electrons. The van der Waals surface area contributed by atoms with Crippen molar-refractivity contribution in [1.82, 2.24) is 4.90 Å². The van der Waals surface area contributed by atoms with E-state index in [0.717, 1.165) is 6.07 Å². The van der Waals surface area contributed by atoms with Crippen molar-refractivity contribution >= 4 is 34.9 Å². The number of nitro groups is 1. The van der Waals surface area contributed by atoms with Crippen LogP contribution in [0.3, 0.4) is 0 Å². The van der Waals surface area contributed by atoms with Crippen LogP contribution in [0.25, 0.3) is 0 Å². The van der Waals surface area contributed by atoms with E-state index in [-0.39, 0.29) is 33.9 Å². The number of anilines is 1. The van der Waals surface area contributed by atoms with Crippen LogP contribution >= 0.6 is 11.6 Å². The molecule has 3 rings (SSSR count). The molecule has 1 saturated heterocycles.